The van der Waals surface area contributed by atoms with Crippen LogP contribution in [0.3, 0.4) is 0 Å². The number of methoxy groups -OCH3 is 1. The van der Waals surface area contributed by atoms with Crippen molar-refractivity contribution in [3.05, 3.63) is 29.3 Å². The minimum Gasteiger partial charge on any atom is -0.495 e. The first-order valence-electron chi connectivity index (χ1n) is 5.60. The normalized spacial score (nSPS) is 10.3. The minimum absolute atomic E-state index is 0.583. The molecule has 0 saturated carbocycles. The van der Waals surface area contributed by atoms with E-state index < -0.39 is 0 Å². The van der Waals surface area contributed by atoms with Crippen LogP contribution in [0.1, 0.15) is 11.1 Å². The van der Waals surface area contributed by atoms with Crippen molar-refractivity contribution >= 4 is 0 Å². The molecular weight excluding hydrogens is 214 g/mol. The lowest BCUT2D eigenvalue weighted by molar-refractivity contribution is 0.399. The first-order valence-corrected chi connectivity index (χ1v) is 5.60. The lowest BCUT2D eigenvalue weighted by Gasteiger charge is -2.11. The molecule has 4 heteroatoms. The van der Waals surface area contributed by atoms with Gasteiger partial charge in [0.1, 0.15) is 11.8 Å². The second kappa shape index (κ2) is 6.89. The Morgan fingerprint density at radius 2 is 2.18 bits per heavy atom. The van der Waals surface area contributed by atoms with Gasteiger partial charge in [0.2, 0.25) is 0 Å². The van der Waals surface area contributed by atoms with Crippen LogP contribution < -0.4 is 10.1 Å². The summed E-state index contributed by atoms with van der Waals surface area (Å²) in [6.45, 7) is 2.70. The van der Waals surface area contributed by atoms with Gasteiger partial charge in [-0.2, -0.15) is 5.26 Å². The summed E-state index contributed by atoms with van der Waals surface area (Å²) in [7, 11) is 5.66. The molecular formula is C13H19N3O. The zero-order chi connectivity index (χ0) is 12.7. The van der Waals surface area contributed by atoms with Crippen LogP contribution in [0.4, 0.5) is 0 Å². The predicted molar refractivity (Wildman–Crippen MR) is 68.0 cm³/mol. The van der Waals surface area contributed by atoms with Gasteiger partial charge in [0.25, 0.3) is 0 Å². The fourth-order valence-corrected chi connectivity index (χ4v) is 1.49. The van der Waals surface area contributed by atoms with Crippen molar-refractivity contribution < 1.29 is 4.74 Å². The maximum absolute atomic E-state index is 8.96. The third kappa shape index (κ3) is 4.43. The Labute approximate surface area is 103 Å². The number of hydrogen-bond donors (Lipinski definition) is 1. The second-order valence-electron chi connectivity index (χ2n) is 4.13. The summed E-state index contributed by atoms with van der Waals surface area (Å²) in [6, 6.07) is 7.81. The van der Waals surface area contributed by atoms with E-state index in [4.69, 9.17) is 10.00 Å². The molecule has 0 unspecified atom stereocenters. The van der Waals surface area contributed by atoms with Gasteiger partial charge in [-0.3, -0.25) is 0 Å². The molecule has 0 spiro atoms. The smallest absolute Gasteiger partial charge is 0.136 e. The van der Waals surface area contributed by atoms with Crippen molar-refractivity contribution in [3.8, 4) is 11.8 Å². The van der Waals surface area contributed by atoms with Gasteiger partial charge in [-0.15, -0.1) is 0 Å². The van der Waals surface area contributed by atoms with Crippen molar-refractivity contribution in [3.63, 3.8) is 0 Å². The highest BCUT2D eigenvalue weighted by Crippen LogP contribution is 2.18. The van der Waals surface area contributed by atoms with Gasteiger partial charge in [0.15, 0.2) is 0 Å². The van der Waals surface area contributed by atoms with E-state index in [1.54, 1.807) is 7.11 Å². The molecule has 1 aromatic rings. The molecule has 0 heterocycles. The molecule has 0 amide bonds. The quantitative estimate of drug-likeness (QED) is 0.750. The number of ether oxygens (including phenoxy) is 1. The maximum Gasteiger partial charge on any atom is 0.136 e. The van der Waals surface area contributed by atoms with Crippen LogP contribution in [-0.2, 0) is 6.54 Å². The van der Waals surface area contributed by atoms with Crippen molar-refractivity contribution in [2.45, 2.75) is 6.54 Å². The van der Waals surface area contributed by atoms with Crippen LogP contribution in [0.2, 0.25) is 0 Å². The zero-order valence-corrected chi connectivity index (χ0v) is 10.7. The SMILES string of the molecule is COc1ccc(CNCCN(C)C)cc1C#N. The van der Waals surface area contributed by atoms with Crippen LogP contribution in [0.5, 0.6) is 5.75 Å². The molecule has 0 bridgehead atoms. The van der Waals surface area contributed by atoms with E-state index in [2.05, 4.69) is 16.3 Å². The van der Waals surface area contributed by atoms with Gasteiger partial charge in [0, 0.05) is 19.6 Å². The van der Waals surface area contributed by atoms with Crippen LogP contribution in [-0.4, -0.2) is 39.2 Å². The highest BCUT2D eigenvalue weighted by atomic mass is 16.5. The number of nitrogens with zero attached hydrogens (tertiary/aromatic N) is 2. The van der Waals surface area contributed by atoms with E-state index in [1.165, 1.54) is 0 Å². The zero-order valence-electron chi connectivity index (χ0n) is 10.7. The molecule has 0 saturated heterocycles. The predicted octanol–water partition coefficient (Wildman–Crippen LogP) is 1.22. The number of nitriles is 1. The summed E-state index contributed by atoms with van der Waals surface area (Å²) in [6.07, 6.45) is 0. The van der Waals surface area contributed by atoms with Crippen LogP contribution in [0, 0.1) is 11.3 Å². The third-order valence-corrected chi connectivity index (χ3v) is 2.45. The van der Waals surface area contributed by atoms with Gasteiger partial charge in [-0.05, 0) is 31.8 Å². The van der Waals surface area contributed by atoms with E-state index in [0.717, 1.165) is 25.2 Å². The summed E-state index contributed by atoms with van der Waals surface area (Å²) in [5, 5.41) is 12.3. The largest absolute Gasteiger partial charge is 0.495 e. The fraction of sp³-hybridized carbons (Fsp3) is 0.462. The van der Waals surface area contributed by atoms with E-state index in [9.17, 15) is 0 Å². The van der Waals surface area contributed by atoms with Gasteiger partial charge in [-0.1, -0.05) is 6.07 Å². The van der Waals surface area contributed by atoms with E-state index in [1.807, 2.05) is 32.3 Å². The summed E-state index contributed by atoms with van der Waals surface area (Å²) in [5.74, 6) is 0.629. The molecule has 92 valence electrons. The number of nitrogens with one attached hydrogen (secondary N) is 1. The second-order valence-corrected chi connectivity index (χ2v) is 4.13. The molecule has 1 N–H and O–H groups in total. The Hall–Kier alpha value is -1.57. The molecule has 0 aliphatic heterocycles. The Kier molecular flexibility index (Phi) is 5.47. The molecule has 0 aliphatic rings. The summed E-state index contributed by atoms with van der Waals surface area (Å²) in [5.41, 5.74) is 1.68. The van der Waals surface area contributed by atoms with Gasteiger partial charge in [0.05, 0.1) is 12.7 Å². The Bertz CT molecular complexity index is 396. The van der Waals surface area contributed by atoms with Gasteiger partial charge in [-0.25, -0.2) is 0 Å². The van der Waals surface area contributed by atoms with E-state index in [0.29, 0.717) is 11.3 Å². The molecule has 0 fully saturated rings. The lowest BCUT2D eigenvalue weighted by atomic mass is 10.1. The Morgan fingerprint density at radius 3 is 2.76 bits per heavy atom. The summed E-state index contributed by atoms with van der Waals surface area (Å²) >= 11 is 0. The number of rotatable bonds is 6. The topological polar surface area (TPSA) is 48.3 Å². The van der Waals surface area contributed by atoms with Crippen molar-refractivity contribution in [2.24, 2.45) is 0 Å². The monoisotopic (exact) mass is 233 g/mol. The van der Waals surface area contributed by atoms with Gasteiger partial charge < -0.3 is 15.0 Å². The van der Waals surface area contributed by atoms with Crippen molar-refractivity contribution in [1.82, 2.24) is 10.2 Å². The highest BCUT2D eigenvalue weighted by Gasteiger charge is 2.03. The number of likely N-dealkylation sites (N-methyl/N-ethyl adjacent to an activating group) is 1. The van der Waals surface area contributed by atoms with E-state index >= 15 is 0 Å². The molecule has 0 aliphatic carbocycles. The van der Waals surface area contributed by atoms with Crippen LogP contribution >= 0.6 is 0 Å². The molecule has 0 atom stereocenters. The first-order chi connectivity index (χ1) is 8.17. The average Bonchev–Trinajstić information content (AvgIpc) is 2.34. The molecule has 17 heavy (non-hydrogen) atoms. The van der Waals surface area contributed by atoms with Crippen molar-refractivity contribution in [2.75, 3.05) is 34.3 Å². The summed E-state index contributed by atoms with van der Waals surface area (Å²) < 4.78 is 5.10. The molecule has 1 rings (SSSR count). The highest BCUT2D eigenvalue weighted by molar-refractivity contribution is 5.45. The Morgan fingerprint density at radius 1 is 1.41 bits per heavy atom. The van der Waals surface area contributed by atoms with Crippen LogP contribution in [0.25, 0.3) is 0 Å². The molecule has 1 aromatic carbocycles. The fourth-order valence-electron chi connectivity index (χ4n) is 1.49. The molecule has 0 radical (unpaired) electrons. The maximum atomic E-state index is 8.96. The van der Waals surface area contributed by atoms with Gasteiger partial charge >= 0.3 is 0 Å². The number of hydrogen-bond acceptors (Lipinski definition) is 4. The first kappa shape index (κ1) is 13.5. The number of benzene rings is 1. The van der Waals surface area contributed by atoms with Crippen LogP contribution in [0.15, 0.2) is 18.2 Å². The lowest BCUT2D eigenvalue weighted by Crippen LogP contribution is -2.26. The third-order valence-electron chi connectivity index (χ3n) is 2.45. The van der Waals surface area contributed by atoms with Crippen molar-refractivity contribution in [1.29, 1.82) is 5.26 Å². The Balaban J connectivity index is 2.52. The minimum atomic E-state index is 0.583. The van der Waals surface area contributed by atoms with E-state index in [-0.39, 0.29) is 0 Å². The molecule has 4 nitrogen and oxygen atoms in total. The standard InChI is InChI=1S/C13H19N3O/c1-16(2)7-6-15-10-11-4-5-13(17-3)12(8-11)9-14/h4-5,8,15H,6-7,10H2,1-3H3. The average molecular weight is 233 g/mol. The molecule has 0 aromatic heterocycles. The summed E-state index contributed by atoms with van der Waals surface area (Å²) in [4.78, 5) is 2.13.